The number of pyridine rings is 1. The summed E-state index contributed by atoms with van der Waals surface area (Å²) < 4.78 is 5.70. The van der Waals surface area contributed by atoms with Crippen molar-refractivity contribution in [1.82, 2.24) is 9.88 Å². The maximum atomic E-state index is 12.7. The highest BCUT2D eigenvalue weighted by molar-refractivity contribution is 5.94. The maximum absolute atomic E-state index is 12.7. The standard InChI is InChI=1S/C20H25N3O2/c1-14-8-9-21-19(10-14)22-11-17-4-6-18(7-5-17)20(24)23-12-15(2)25-16(3)13-23/h4-10,15-16H,11-13H2,1-3H3,(H,21,22)/t15-,16-/m1/s1. The molecule has 0 aliphatic carbocycles. The van der Waals surface area contributed by atoms with Crippen molar-refractivity contribution < 1.29 is 9.53 Å². The van der Waals surface area contributed by atoms with E-state index in [0.29, 0.717) is 19.6 Å². The first kappa shape index (κ1) is 17.4. The van der Waals surface area contributed by atoms with Crippen molar-refractivity contribution in [3.8, 4) is 0 Å². The molecule has 0 bridgehead atoms. The second-order valence-electron chi connectivity index (χ2n) is 6.74. The topological polar surface area (TPSA) is 54.5 Å². The first-order valence-corrected chi connectivity index (χ1v) is 8.71. The predicted molar refractivity (Wildman–Crippen MR) is 98.7 cm³/mol. The van der Waals surface area contributed by atoms with Crippen molar-refractivity contribution in [2.24, 2.45) is 0 Å². The molecule has 0 unspecified atom stereocenters. The van der Waals surface area contributed by atoms with Gasteiger partial charge < -0.3 is 15.0 Å². The fourth-order valence-corrected chi connectivity index (χ4v) is 3.12. The van der Waals surface area contributed by atoms with Crippen molar-refractivity contribution in [3.05, 3.63) is 59.3 Å². The molecule has 3 rings (SSSR count). The normalized spacial score (nSPS) is 20.4. The van der Waals surface area contributed by atoms with Crippen LogP contribution < -0.4 is 5.32 Å². The summed E-state index contributed by atoms with van der Waals surface area (Å²) in [6.45, 7) is 8.02. The Kier molecular flexibility index (Phi) is 5.34. The predicted octanol–water partition coefficient (Wildman–Crippen LogP) is 3.25. The first-order valence-electron chi connectivity index (χ1n) is 8.71. The lowest BCUT2D eigenvalue weighted by atomic mass is 10.1. The second kappa shape index (κ2) is 7.66. The largest absolute Gasteiger partial charge is 0.372 e. The summed E-state index contributed by atoms with van der Waals surface area (Å²) in [4.78, 5) is 18.8. The van der Waals surface area contributed by atoms with Crippen LogP contribution in [0.2, 0.25) is 0 Å². The van der Waals surface area contributed by atoms with E-state index < -0.39 is 0 Å². The van der Waals surface area contributed by atoms with Gasteiger partial charge in [-0.2, -0.15) is 0 Å². The summed E-state index contributed by atoms with van der Waals surface area (Å²) in [5, 5.41) is 3.30. The van der Waals surface area contributed by atoms with Crippen LogP contribution in [0.3, 0.4) is 0 Å². The van der Waals surface area contributed by atoms with Gasteiger partial charge >= 0.3 is 0 Å². The molecule has 0 saturated carbocycles. The number of hydrogen-bond donors (Lipinski definition) is 1. The van der Waals surface area contributed by atoms with Crippen LogP contribution in [0, 0.1) is 6.92 Å². The summed E-state index contributed by atoms with van der Waals surface area (Å²) in [6, 6.07) is 11.8. The van der Waals surface area contributed by atoms with Gasteiger partial charge in [0, 0.05) is 31.4 Å². The van der Waals surface area contributed by atoms with Gasteiger partial charge in [0.1, 0.15) is 5.82 Å². The van der Waals surface area contributed by atoms with Crippen LogP contribution in [0.15, 0.2) is 42.6 Å². The average molecular weight is 339 g/mol. The van der Waals surface area contributed by atoms with Crippen molar-refractivity contribution in [1.29, 1.82) is 0 Å². The van der Waals surface area contributed by atoms with Crippen LogP contribution in [0.5, 0.6) is 0 Å². The fraction of sp³-hybridized carbons (Fsp3) is 0.400. The molecule has 1 aliphatic rings. The van der Waals surface area contributed by atoms with Crippen LogP contribution in [-0.4, -0.2) is 41.1 Å². The minimum atomic E-state index is 0.0712. The molecule has 1 aromatic heterocycles. The number of carbonyl (C=O) groups is 1. The number of carbonyl (C=O) groups excluding carboxylic acids is 1. The van der Waals surface area contributed by atoms with Crippen LogP contribution in [0.25, 0.3) is 0 Å². The number of ether oxygens (including phenoxy) is 1. The van der Waals surface area contributed by atoms with E-state index in [4.69, 9.17) is 4.74 Å². The third-order valence-electron chi connectivity index (χ3n) is 4.30. The minimum Gasteiger partial charge on any atom is -0.372 e. The summed E-state index contributed by atoms with van der Waals surface area (Å²) in [5.74, 6) is 0.929. The summed E-state index contributed by atoms with van der Waals surface area (Å²) in [5.41, 5.74) is 3.01. The van der Waals surface area contributed by atoms with Gasteiger partial charge in [-0.15, -0.1) is 0 Å². The van der Waals surface area contributed by atoms with E-state index in [1.54, 1.807) is 6.20 Å². The Hall–Kier alpha value is -2.40. The smallest absolute Gasteiger partial charge is 0.254 e. The van der Waals surface area contributed by atoms with Crippen molar-refractivity contribution in [2.75, 3.05) is 18.4 Å². The molecule has 0 spiro atoms. The lowest BCUT2D eigenvalue weighted by Crippen LogP contribution is -2.48. The Morgan fingerprint density at radius 1 is 1.20 bits per heavy atom. The molecule has 1 aliphatic heterocycles. The molecule has 5 heteroatoms. The van der Waals surface area contributed by atoms with Gasteiger partial charge in [-0.25, -0.2) is 4.98 Å². The molecule has 25 heavy (non-hydrogen) atoms. The summed E-state index contributed by atoms with van der Waals surface area (Å²) >= 11 is 0. The maximum Gasteiger partial charge on any atom is 0.254 e. The molecular weight excluding hydrogens is 314 g/mol. The number of aromatic nitrogens is 1. The Morgan fingerprint density at radius 2 is 1.88 bits per heavy atom. The van der Waals surface area contributed by atoms with E-state index in [1.165, 1.54) is 5.56 Å². The zero-order chi connectivity index (χ0) is 17.8. The van der Waals surface area contributed by atoms with Gasteiger partial charge in [-0.1, -0.05) is 12.1 Å². The van der Waals surface area contributed by atoms with Gasteiger partial charge in [0.25, 0.3) is 5.91 Å². The molecule has 5 nitrogen and oxygen atoms in total. The molecular formula is C20H25N3O2. The number of aryl methyl sites for hydroxylation is 1. The number of amides is 1. The number of nitrogens with one attached hydrogen (secondary N) is 1. The Labute approximate surface area is 149 Å². The van der Waals surface area contributed by atoms with Gasteiger partial charge in [0.2, 0.25) is 0 Å². The summed E-state index contributed by atoms with van der Waals surface area (Å²) in [7, 11) is 0. The lowest BCUT2D eigenvalue weighted by molar-refractivity contribution is -0.0586. The molecule has 1 fully saturated rings. The van der Waals surface area contributed by atoms with Crippen LogP contribution >= 0.6 is 0 Å². The van der Waals surface area contributed by atoms with E-state index in [2.05, 4.69) is 10.3 Å². The molecule has 2 aromatic rings. The highest BCUT2D eigenvalue weighted by Gasteiger charge is 2.26. The number of benzene rings is 1. The van der Waals surface area contributed by atoms with Gasteiger partial charge in [-0.05, 0) is 56.2 Å². The van der Waals surface area contributed by atoms with Crippen molar-refractivity contribution in [3.63, 3.8) is 0 Å². The molecule has 1 saturated heterocycles. The third-order valence-corrected chi connectivity index (χ3v) is 4.30. The van der Waals surface area contributed by atoms with E-state index in [9.17, 15) is 4.79 Å². The molecule has 2 heterocycles. The number of anilines is 1. The van der Waals surface area contributed by atoms with Crippen LogP contribution in [0.1, 0.15) is 35.3 Å². The van der Waals surface area contributed by atoms with Gasteiger partial charge in [-0.3, -0.25) is 4.79 Å². The molecule has 0 radical (unpaired) electrons. The van der Waals surface area contributed by atoms with Gasteiger partial charge in [0.05, 0.1) is 12.2 Å². The highest BCUT2D eigenvalue weighted by atomic mass is 16.5. The molecule has 1 N–H and O–H groups in total. The van der Waals surface area contributed by atoms with Crippen LogP contribution in [0.4, 0.5) is 5.82 Å². The Morgan fingerprint density at radius 3 is 2.52 bits per heavy atom. The second-order valence-corrected chi connectivity index (χ2v) is 6.74. The Balaban J connectivity index is 1.60. The van der Waals surface area contributed by atoms with E-state index in [-0.39, 0.29) is 18.1 Å². The van der Waals surface area contributed by atoms with Gasteiger partial charge in [0.15, 0.2) is 0 Å². The SMILES string of the molecule is Cc1ccnc(NCc2ccc(C(=O)N3C[C@@H](C)O[C@H](C)C3)cc2)c1. The molecule has 2 atom stereocenters. The quantitative estimate of drug-likeness (QED) is 0.929. The first-order chi connectivity index (χ1) is 12.0. The third kappa shape index (κ3) is 4.57. The monoisotopic (exact) mass is 339 g/mol. The average Bonchev–Trinajstić information content (AvgIpc) is 2.59. The zero-order valence-corrected chi connectivity index (χ0v) is 15.0. The molecule has 1 amide bonds. The number of nitrogens with zero attached hydrogens (tertiary/aromatic N) is 2. The fourth-order valence-electron chi connectivity index (χ4n) is 3.12. The zero-order valence-electron chi connectivity index (χ0n) is 15.0. The lowest BCUT2D eigenvalue weighted by Gasteiger charge is -2.35. The number of rotatable bonds is 4. The van der Waals surface area contributed by atoms with E-state index in [0.717, 1.165) is 16.9 Å². The minimum absolute atomic E-state index is 0.0712. The molecule has 132 valence electrons. The van der Waals surface area contributed by atoms with Crippen molar-refractivity contribution in [2.45, 2.75) is 39.5 Å². The number of morpholine rings is 1. The van der Waals surface area contributed by atoms with Crippen molar-refractivity contribution >= 4 is 11.7 Å². The number of hydrogen-bond acceptors (Lipinski definition) is 4. The van der Waals surface area contributed by atoms with E-state index in [1.807, 2.05) is 62.1 Å². The summed E-state index contributed by atoms with van der Waals surface area (Å²) in [6.07, 6.45) is 1.96. The Bertz CT molecular complexity index is 720. The highest BCUT2D eigenvalue weighted by Crippen LogP contribution is 2.15. The van der Waals surface area contributed by atoms with E-state index >= 15 is 0 Å². The van der Waals surface area contributed by atoms with Crippen LogP contribution in [-0.2, 0) is 11.3 Å². The molecule has 1 aromatic carbocycles.